The van der Waals surface area contributed by atoms with Crippen molar-refractivity contribution in [2.45, 2.75) is 44.5 Å². The summed E-state index contributed by atoms with van der Waals surface area (Å²) in [4.78, 5) is 22.3. The number of primary amides is 1. The van der Waals surface area contributed by atoms with Crippen LogP contribution in [-0.4, -0.2) is 97.0 Å². The van der Waals surface area contributed by atoms with Crippen LogP contribution in [0.4, 0.5) is 5.69 Å². The van der Waals surface area contributed by atoms with Gasteiger partial charge in [0.05, 0.1) is 24.9 Å². The van der Waals surface area contributed by atoms with Gasteiger partial charge in [-0.15, -0.1) is 5.06 Å². The molecule has 0 bridgehead atoms. The first-order valence-electron chi connectivity index (χ1n) is 14.7. The van der Waals surface area contributed by atoms with E-state index < -0.39 is 11.9 Å². The molecule has 0 spiro atoms. The van der Waals surface area contributed by atoms with Gasteiger partial charge in [0, 0.05) is 57.0 Å². The fraction of sp³-hybridized carbons (Fsp3) is 0.516. The Morgan fingerprint density at radius 1 is 1.05 bits per heavy atom. The number of nitrogens with zero attached hydrogens (tertiary/aromatic N) is 3. The molecule has 1 atom stereocenters. The fourth-order valence-corrected chi connectivity index (χ4v) is 5.51. The van der Waals surface area contributed by atoms with Crippen LogP contribution in [0, 0.1) is 11.8 Å². The predicted molar refractivity (Wildman–Crippen MR) is 157 cm³/mol. The molecule has 3 heterocycles. The molecular formula is C31H42N6O4. The minimum atomic E-state index is -0.721. The first kappa shape index (κ1) is 29.5. The second-order valence-electron chi connectivity index (χ2n) is 11.0. The number of piperazine rings is 1. The maximum atomic E-state index is 11.8. The number of carbonyl (C=O) groups excluding carboxylic acids is 1. The number of hydrogen-bond acceptors (Lipinski definition) is 9. The van der Waals surface area contributed by atoms with Crippen molar-refractivity contribution in [3.63, 3.8) is 0 Å². The quantitative estimate of drug-likeness (QED) is 0.318. The van der Waals surface area contributed by atoms with Gasteiger partial charge in [0.2, 0.25) is 5.91 Å². The number of nitrogens with two attached hydrogens (primary N) is 1. The number of aliphatic hydroxyl groups is 1. The molecule has 220 valence electrons. The Morgan fingerprint density at radius 2 is 1.76 bits per heavy atom. The number of anilines is 1. The molecular weight excluding hydrogens is 520 g/mol. The van der Waals surface area contributed by atoms with Crippen LogP contribution in [0.5, 0.6) is 0 Å². The van der Waals surface area contributed by atoms with Crippen LogP contribution >= 0.6 is 0 Å². The lowest BCUT2D eigenvalue weighted by Crippen LogP contribution is -2.47. The number of nitrogens with one attached hydrogen (secondary N) is 2. The minimum absolute atomic E-state index is 0.157. The van der Waals surface area contributed by atoms with E-state index in [-0.39, 0.29) is 13.0 Å². The molecule has 10 heteroatoms. The van der Waals surface area contributed by atoms with Gasteiger partial charge in [-0.2, -0.15) is 4.94 Å². The van der Waals surface area contributed by atoms with Crippen LogP contribution in [0.3, 0.4) is 0 Å². The van der Waals surface area contributed by atoms with Gasteiger partial charge < -0.3 is 20.9 Å². The third kappa shape index (κ3) is 8.50. The van der Waals surface area contributed by atoms with Crippen molar-refractivity contribution in [2.75, 3.05) is 64.5 Å². The Bertz CT molecular complexity index is 1200. The molecule has 1 unspecified atom stereocenters. The lowest BCUT2D eigenvalue weighted by Gasteiger charge is -2.35. The molecule has 2 aromatic rings. The zero-order valence-electron chi connectivity index (χ0n) is 23.7. The van der Waals surface area contributed by atoms with Gasteiger partial charge in [0.1, 0.15) is 6.04 Å². The number of aliphatic hydroxyl groups excluding tert-OH is 1. The number of carbonyl (C=O) groups is 1. The van der Waals surface area contributed by atoms with Crippen molar-refractivity contribution < 1.29 is 19.6 Å². The second-order valence-corrected chi connectivity index (χ2v) is 11.0. The summed E-state index contributed by atoms with van der Waals surface area (Å²) in [6.07, 6.45) is 2.89. The lowest BCUT2D eigenvalue weighted by atomic mass is 10.1. The molecule has 0 aliphatic carbocycles. The van der Waals surface area contributed by atoms with Gasteiger partial charge in [-0.05, 0) is 73.8 Å². The van der Waals surface area contributed by atoms with E-state index in [1.807, 2.05) is 18.2 Å². The van der Waals surface area contributed by atoms with Crippen LogP contribution in [0.25, 0.3) is 0 Å². The van der Waals surface area contributed by atoms with Gasteiger partial charge in [0.25, 0.3) is 0 Å². The summed E-state index contributed by atoms with van der Waals surface area (Å²) in [5.41, 5.74) is 13.2. The number of hydroxylamine groups is 2. The molecule has 2 saturated heterocycles. The monoisotopic (exact) mass is 562 g/mol. The Kier molecular flexibility index (Phi) is 10.6. The number of rotatable bonds is 10. The van der Waals surface area contributed by atoms with Crippen molar-refractivity contribution >= 4 is 11.6 Å². The van der Waals surface area contributed by atoms with E-state index in [2.05, 4.69) is 56.7 Å². The van der Waals surface area contributed by atoms with E-state index in [4.69, 9.17) is 15.4 Å². The van der Waals surface area contributed by atoms with Crippen LogP contribution in [0.15, 0.2) is 42.5 Å². The number of hydrogen-bond donors (Lipinski definition) is 4. The SMILES string of the molecule is NC(=O)C(CCO)N1Cc2cc(C#Cc3ccc(CN4CCN(CCOC5CCNCC5)CC4)cc3)ccc2NO1. The van der Waals surface area contributed by atoms with Gasteiger partial charge in [-0.3, -0.25) is 14.6 Å². The molecule has 0 saturated carbocycles. The largest absolute Gasteiger partial charge is 0.396 e. The average molecular weight is 563 g/mol. The number of amides is 1. The van der Waals surface area contributed by atoms with Crippen molar-refractivity contribution in [1.29, 1.82) is 0 Å². The van der Waals surface area contributed by atoms with Crippen LogP contribution in [0.2, 0.25) is 0 Å². The number of piperidine rings is 1. The van der Waals surface area contributed by atoms with Gasteiger partial charge in [0.15, 0.2) is 0 Å². The summed E-state index contributed by atoms with van der Waals surface area (Å²) in [7, 11) is 0. The van der Waals surface area contributed by atoms with Crippen molar-refractivity contribution in [2.24, 2.45) is 5.73 Å². The van der Waals surface area contributed by atoms with E-state index in [1.54, 1.807) is 0 Å². The van der Waals surface area contributed by atoms with E-state index in [0.717, 1.165) is 94.2 Å². The van der Waals surface area contributed by atoms with E-state index >= 15 is 0 Å². The number of fused-ring (bicyclic) bond motifs is 1. The summed E-state index contributed by atoms with van der Waals surface area (Å²) in [6, 6.07) is 13.6. The summed E-state index contributed by atoms with van der Waals surface area (Å²) in [5, 5.41) is 14.1. The third-order valence-corrected chi connectivity index (χ3v) is 8.01. The Balaban J connectivity index is 1.08. The second kappa shape index (κ2) is 14.8. The molecule has 41 heavy (non-hydrogen) atoms. The van der Waals surface area contributed by atoms with Gasteiger partial charge in [-0.1, -0.05) is 24.0 Å². The molecule has 1 amide bonds. The Labute approximate surface area is 242 Å². The highest BCUT2D eigenvalue weighted by atomic mass is 16.8. The lowest BCUT2D eigenvalue weighted by molar-refractivity contribution is -0.184. The first-order valence-corrected chi connectivity index (χ1v) is 14.7. The molecule has 2 fully saturated rings. The van der Waals surface area contributed by atoms with Crippen LogP contribution < -0.4 is 16.5 Å². The van der Waals surface area contributed by atoms with E-state index in [1.165, 1.54) is 10.6 Å². The fourth-order valence-electron chi connectivity index (χ4n) is 5.51. The molecule has 10 nitrogen and oxygen atoms in total. The first-order chi connectivity index (χ1) is 20.1. The molecule has 2 aromatic carbocycles. The standard InChI is InChI=1S/C31H42N6O4/c32-31(39)30(11-19-38)37-23-27-21-25(7-8-29(27)34-41-37)4-1-24-2-5-26(6-3-24)22-36-16-14-35(15-17-36)18-20-40-28-9-12-33-13-10-28/h2-3,5-8,21,28,30,33-34,38H,9-20,22-23H2,(H2,32,39). The molecule has 0 radical (unpaired) electrons. The highest BCUT2D eigenvalue weighted by Crippen LogP contribution is 2.26. The molecule has 0 aromatic heterocycles. The smallest absolute Gasteiger partial charge is 0.237 e. The van der Waals surface area contributed by atoms with E-state index in [9.17, 15) is 9.90 Å². The number of benzene rings is 2. The minimum Gasteiger partial charge on any atom is -0.396 e. The molecule has 3 aliphatic rings. The Hall–Kier alpha value is -3.01. The molecule has 3 aliphatic heterocycles. The van der Waals surface area contributed by atoms with Crippen molar-refractivity contribution in [3.8, 4) is 11.8 Å². The summed E-state index contributed by atoms with van der Waals surface area (Å²) < 4.78 is 6.08. The van der Waals surface area contributed by atoms with Crippen LogP contribution in [0.1, 0.15) is 41.5 Å². The molecule has 5 N–H and O–H groups in total. The van der Waals surface area contributed by atoms with Gasteiger partial charge in [-0.25, -0.2) is 5.48 Å². The molecule has 5 rings (SSSR count). The average Bonchev–Trinajstić information content (AvgIpc) is 3.00. The summed E-state index contributed by atoms with van der Waals surface area (Å²) in [6.45, 7) is 9.49. The van der Waals surface area contributed by atoms with Crippen LogP contribution in [-0.2, 0) is 27.6 Å². The Morgan fingerprint density at radius 3 is 2.49 bits per heavy atom. The highest BCUT2D eigenvalue weighted by molar-refractivity contribution is 5.79. The summed E-state index contributed by atoms with van der Waals surface area (Å²) in [5.74, 6) is 5.97. The maximum Gasteiger partial charge on any atom is 0.237 e. The summed E-state index contributed by atoms with van der Waals surface area (Å²) >= 11 is 0. The van der Waals surface area contributed by atoms with E-state index in [0.29, 0.717) is 12.6 Å². The van der Waals surface area contributed by atoms with Crippen molar-refractivity contribution in [1.82, 2.24) is 20.2 Å². The zero-order valence-corrected chi connectivity index (χ0v) is 23.7. The maximum absolute atomic E-state index is 11.8. The third-order valence-electron chi connectivity index (χ3n) is 8.01. The topological polar surface area (TPSA) is 116 Å². The highest BCUT2D eigenvalue weighted by Gasteiger charge is 2.29. The number of ether oxygens (including phenoxy) is 1. The zero-order chi connectivity index (χ0) is 28.4. The predicted octanol–water partition coefficient (Wildman–Crippen LogP) is 1.28. The van der Waals surface area contributed by atoms with Crippen molar-refractivity contribution in [3.05, 3.63) is 64.7 Å². The van der Waals surface area contributed by atoms with Gasteiger partial charge >= 0.3 is 0 Å². The normalized spacial score (nSPS) is 19.5.